The number of piperidine rings is 1. The molecule has 1 aromatic rings. The fraction of sp³-hybridized carbons (Fsp3) is 0.750. The van der Waals surface area contributed by atoms with Gasteiger partial charge in [-0.2, -0.15) is 9.97 Å². The molecule has 2 heterocycles. The highest BCUT2D eigenvalue weighted by Crippen LogP contribution is 2.22. The quantitative estimate of drug-likeness (QED) is 0.824. The summed E-state index contributed by atoms with van der Waals surface area (Å²) in [6, 6.07) is 0.582. The summed E-state index contributed by atoms with van der Waals surface area (Å²) in [5, 5.41) is 3.23. The number of anilines is 1. The highest BCUT2D eigenvalue weighted by Gasteiger charge is 2.21. The van der Waals surface area contributed by atoms with E-state index in [1.807, 2.05) is 7.05 Å². The lowest BCUT2D eigenvalue weighted by Crippen LogP contribution is -2.37. The summed E-state index contributed by atoms with van der Waals surface area (Å²) >= 11 is 0. The van der Waals surface area contributed by atoms with Crippen molar-refractivity contribution in [3.05, 3.63) is 0 Å². The molecule has 106 valence electrons. The average molecular weight is 267 g/mol. The number of aromatic nitrogens is 3. The Kier molecular flexibility index (Phi) is 4.73. The lowest BCUT2D eigenvalue weighted by Gasteiger charge is -2.31. The third kappa shape index (κ3) is 3.44. The van der Waals surface area contributed by atoms with Crippen LogP contribution in [0.15, 0.2) is 0 Å². The van der Waals surface area contributed by atoms with Crippen LogP contribution in [0.2, 0.25) is 0 Å². The molecule has 1 aliphatic rings. The highest BCUT2D eigenvalue weighted by molar-refractivity contribution is 5.32. The van der Waals surface area contributed by atoms with Gasteiger partial charge < -0.3 is 19.7 Å². The van der Waals surface area contributed by atoms with Crippen LogP contribution in [0.4, 0.5) is 5.95 Å². The van der Waals surface area contributed by atoms with Crippen LogP contribution >= 0.6 is 0 Å². The van der Waals surface area contributed by atoms with Gasteiger partial charge >= 0.3 is 12.0 Å². The van der Waals surface area contributed by atoms with E-state index in [9.17, 15) is 0 Å². The molecule has 1 saturated heterocycles. The molecule has 1 aromatic heterocycles. The largest absolute Gasteiger partial charge is 0.467 e. The first-order valence-corrected chi connectivity index (χ1v) is 6.50. The maximum Gasteiger partial charge on any atom is 0.324 e. The summed E-state index contributed by atoms with van der Waals surface area (Å²) in [7, 11) is 5.07. The zero-order valence-corrected chi connectivity index (χ0v) is 11.7. The number of hydrogen-bond donors (Lipinski definition) is 1. The SMILES string of the molecule is CNCC1CCN(c2nc(OC)nc(OC)n2)CC1. The predicted molar refractivity (Wildman–Crippen MR) is 71.8 cm³/mol. The molecule has 0 aromatic carbocycles. The second-order valence-electron chi connectivity index (χ2n) is 4.60. The Labute approximate surface area is 113 Å². The number of nitrogens with zero attached hydrogens (tertiary/aromatic N) is 4. The van der Waals surface area contributed by atoms with Gasteiger partial charge in [0.05, 0.1) is 14.2 Å². The Morgan fingerprint density at radius 1 is 1.11 bits per heavy atom. The number of methoxy groups -OCH3 is 2. The molecule has 0 saturated carbocycles. The van der Waals surface area contributed by atoms with E-state index in [1.54, 1.807) is 0 Å². The number of rotatable bonds is 5. The lowest BCUT2D eigenvalue weighted by molar-refractivity contribution is 0.336. The fourth-order valence-electron chi connectivity index (χ4n) is 2.28. The van der Waals surface area contributed by atoms with Crippen LogP contribution in [-0.4, -0.2) is 55.9 Å². The van der Waals surface area contributed by atoms with Gasteiger partial charge in [-0.25, -0.2) is 0 Å². The van der Waals surface area contributed by atoms with E-state index in [0.29, 0.717) is 18.0 Å². The van der Waals surface area contributed by atoms with Crippen molar-refractivity contribution in [3.63, 3.8) is 0 Å². The van der Waals surface area contributed by atoms with Gasteiger partial charge in [-0.05, 0) is 32.4 Å². The summed E-state index contributed by atoms with van der Waals surface area (Å²) in [6.45, 7) is 2.96. The van der Waals surface area contributed by atoms with Gasteiger partial charge in [-0.1, -0.05) is 0 Å². The molecule has 1 N–H and O–H groups in total. The zero-order valence-electron chi connectivity index (χ0n) is 11.7. The zero-order chi connectivity index (χ0) is 13.7. The molecule has 0 aliphatic carbocycles. The monoisotopic (exact) mass is 267 g/mol. The van der Waals surface area contributed by atoms with Gasteiger partial charge in [-0.3, -0.25) is 0 Å². The molecule has 2 rings (SSSR count). The minimum atomic E-state index is 0.291. The van der Waals surface area contributed by atoms with Crippen LogP contribution < -0.4 is 19.7 Å². The summed E-state index contributed by atoms with van der Waals surface area (Å²) < 4.78 is 10.1. The van der Waals surface area contributed by atoms with E-state index in [-0.39, 0.29) is 0 Å². The number of nitrogens with one attached hydrogen (secondary N) is 1. The second kappa shape index (κ2) is 6.51. The minimum Gasteiger partial charge on any atom is -0.467 e. The third-order valence-corrected chi connectivity index (χ3v) is 3.34. The molecular formula is C12H21N5O2. The van der Waals surface area contributed by atoms with E-state index < -0.39 is 0 Å². The summed E-state index contributed by atoms with van der Waals surface area (Å²) in [4.78, 5) is 14.7. The normalized spacial score (nSPS) is 16.5. The van der Waals surface area contributed by atoms with Crippen molar-refractivity contribution >= 4 is 5.95 Å². The topological polar surface area (TPSA) is 72.4 Å². The Bertz CT molecular complexity index is 385. The van der Waals surface area contributed by atoms with Crippen molar-refractivity contribution in [1.29, 1.82) is 0 Å². The second-order valence-corrected chi connectivity index (χ2v) is 4.60. The van der Waals surface area contributed by atoms with Crippen molar-refractivity contribution in [2.24, 2.45) is 5.92 Å². The smallest absolute Gasteiger partial charge is 0.324 e. The van der Waals surface area contributed by atoms with Gasteiger partial charge in [-0.15, -0.1) is 4.98 Å². The molecule has 0 atom stereocenters. The lowest BCUT2D eigenvalue weighted by atomic mass is 9.97. The van der Waals surface area contributed by atoms with E-state index in [1.165, 1.54) is 14.2 Å². The van der Waals surface area contributed by atoms with E-state index >= 15 is 0 Å². The molecule has 1 fully saturated rings. The Morgan fingerprint density at radius 3 is 2.16 bits per heavy atom. The summed E-state index contributed by atoms with van der Waals surface area (Å²) in [6.07, 6.45) is 2.27. The summed E-state index contributed by atoms with van der Waals surface area (Å²) in [5.74, 6) is 1.36. The molecule has 7 nitrogen and oxygen atoms in total. The van der Waals surface area contributed by atoms with Crippen molar-refractivity contribution < 1.29 is 9.47 Å². The molecule has 0 amide bonds. The standard InChI is InChI=1S/C12H21N5O2/c1-13-8-9-4-6-17(7-5-9)10-14-11(18-2)16-12(15-10)19-3/h9,13H,4-8H2,1-3H3. The molecule has 0 spiro atoms. The number of hydrogen-bond acceptors (Lipinski definition) is 7. The van der Waals surface area contributed by atoms with Crippen LogP contribution in [0.25, 0.3) is 0 Å². The van der Waals surface area contributed by atoms with Crippen LogP contribution in [0.1, 0.15) is 12.8 Å². The fourth-order valence-corrected chi connectivity index (χ4v) is 2.28. The molecule has 19 heavy (non-hydrogen) atoms. The Balaban J connectivity index is 2.06. The Morgan fingerprint density at radius 2 is 1.68 bits per heavy atom. The highest BCUT2D eigenvalue weighted by atomic mass is 16.5. The van der Waals surface area contributed by atoms with E-state index in [2.05, 4.69) is 25.2 Å². The van der Waals surface area contributed by atoms with Crippen LogP contribution in [0.3, 0.4) is 0 Å². The van der Waals surface area contributed by atoms with Crippen molar-refractivity contribution in [2.75, 3.05) is 45.8 Å². The van der Waals surface area contributed by atoms with Gasteiger partial charge in [0.2, 0.25) is 5.95 Å². The first-order chi connectivity index (χ1) is 9.26. The minimum absolute atomic E-state index is 0.291. The average Bonchev–Trinajstić information content (AvgIpc) is 2.47. The number of ether oxygens (including phenoxy) is 2. The maximum atomic E-state index is 5.07. The van der Waals surface area contributed by atoms with Gasteiger partial charge in [0.15, 0.2) is 0 Å². The van der Waals surface area contributed by atoms with Crippen LogP contribution in [0, 0.1) is 5.92 Å². The molecule has 1 aliphatic heterocycles. The van der Waals surface area contributed by atoms with Gasteiger partial charge in [0.25, 0.3) is 0 Å². The van der Waals surface area contributed by atoms with Crippen molar-refractivity contribution in [3.8, 4) is 12.0 Å². The van der Waals surface area contributed by atoms with E-state index in [0.717, 1.165) is 38.4 Å². The van der Waals surface area contributed by atoms with Gasteiger partial charge in [0.1, 0.15) is 0 Å². The van der Waals surface area contributed by atoms with Gasteiger partial charge in [0, 0.05) is 13.1 Å². The third-order valence-electron chi connectivity index (χ3n) is 3.34. The molecule has 7 heteroatoms. The first-order valence-electron chi connectivity index (χ1n) is 6.50. The van der Waals surface area contributed by atoms with Crippen molar-refractivity contribution in [2.45, 2.75) is 12.8 Å². The van der Waals surface area contributed by atoms with E-state index in [4.69, 9.17) is 9.47 Å². The Hall–Kier alpha value is -1.63. The van der Waals surface area contributed by atoms with Crippen molar-refractivity contribution in [1.82, 2.24) is 20.3 Å². The predicted octanol–water partition coefficient (Wildman–Crippen LogP) is 0.325. The first kappa shape index (κ1) is 13.8. The van der Waals surface area contributed by atoms with Crippen LogP contribution in [0.5, 0.6) is 12.0 Å². The maximum absolute atomic E-state index is 5.07. The molecule has 0 bridgehead atoms. The van der Waals surface area contributed by atoms with Crippen LogP contribution in [-0.2, 0) is 0 Å². The molecule has 0 radical (unpaired) electrons. The molecular weight excluding hydrogens is 246 g/mol. The molecule has 0 unspecified atom stereocenters. The summed E-state index contributed by atoms with van der Waals surface area (Å²) in [5.41, 5.74) is 0.